The predicted molar refractivity (Wildman–Crippen MR) is 40.7 cm³/mol. The van der Waals surface area contributed by atoms with Crippen molar-refractivity contribution >= 4 is 6.29 Å². The van der Waals surface area contributed by atoms with E-state index < -0.39 is 5.60 Å². The largest absolute Gasteiger partial charge is 0.390 e. The number of aldehydes is 1. The van der Waals surface area contributed by atoms with E-state index in [0.29, 0.717) is 6.42 Å². The highest BCUT2D eigenvalue weighted by molar-refractivity contribution is 5.65. The monoisotopic (exact) mass is 142 g/mol. The molecule has 0 heterocycles. The van der Waals surface area contributed by atoms with Crippen LogP contribution in [0, 0.1) is 0 Å². The molecule has 0 radical (unpaired) electrons. The van der Waals surface area contributed by atoms with Crippen molar-refractivity contribution < 1.29 is 9.90 Å². The van der Waals surface area contributed by atoms with Crippen molar-refractivity contribution in [2.45, 2.75) is 32.8 Å². The van der Waals surface area contributed by atoms with Crippen molar-refractivity contribution in [2.75, 3.05) is 0 Å². The first-order chi connectivity index (χ1) is 4.45. The predicted octanol–water partition coefficient (Wildman–Crippen LogP) is 1.29. The van der Waals surface area contributed by atoms with Gasteiger partial charge in [-0.15, -0.1) is 0 Å². The van der Waals surface area contributed by atoms with Crippen LogP contribution in [0.4, 0.5) is 0 Å². The van der Waals surface area contributed by atoms with E-state index in [1.165, 1.54) is 6.08 Å². The number of hydrogen-bond donors (Lipinski definition) is 1. The first kappa shape index (κ1) is 9.37. The van der Waals surface area contributed by atoms with Crippen molar-refractivity contribution in [3.8, 4) is 0 Å². The summed E-state index contributed by atoms with van der Waals surface area (Å²) in [6.45, 7) is 5.26. The standard InChI is InChI=1S/C8H14O2/c1-7(4-5-9)6-8(2,3)10/h4-5,10H,6H2,1-3H3/b7-4+. The van der Waals surface area contributed by atoms with Gasteiger partial charge in [-0.25, -0.2) is 0 Å². The van der Waals surface area contributed by atoms with E-state index in [9.17, 15) is 9.90 Å². The summed E-state index contributed by atoms with van der Waals surface area (Å²) in [5.41, 5.74) is 0.200. The Bertz CT molecular complexity index is 140. The molecule has 0 rings (SSSR count). The van der Waals surface area contributed by atoms with Crippen LogP contribution in [-0.2, 0) is 4.79 Å². The SMILES string of the molecule is C/C(=C\C=O)CC(C)(C)O. The number of rotatable bonds is 3. The lowest BCUT2D eigenvalue weighted by Gasteiger charge is -2.16. The minimum Gasteiger partial charge on any atom is -0.390 e. The first-order valence-corrected chi connectivity index (χ1v) is 3.29. The van der Waals surface area contributed by atoms with Gasteiger partial charge < -0.3 is 5.11 Å². The third kappa shape index (κ3) is 5.51. The van der Waals surface area contributed by atoms with E-state index >= 15 is 0 Å². The summed E-state index contributed by atoms with van der Waals surface area (Å²) in [5, 5.41) is 9.26. The summed E-state index contributed by atoms with van der Waals surface area (Å²) < 4.78 is 0. The van der Waals surface area contributed by atoms with Crippen LogP contribution < -0.4 is 0 Å². The molecule has 0 aromatic heterocycles. The van der Waals surface area contributed by atoms with E-state index in [4.69, 9.17) is 0 Å². The maximum Gasteiger partial charge on any atom is 0.142 e. The Labute approximate surface area is 61.6 Å². The molecular weight excluding hydrogens is 128 g/mol. The molecule has 0 aromatic carbocycles. The molecule has 2 heteroatoms. The van der Waals surface area contributed by atoms with Crippen LogP contribution in [0.1, 0.15) is 27.2 Å². The van der Waals surface area contributed by atoms with Crippen LogP contribution in [0.3, 0.4) is 0 Å². The third-order valence-corrected chi connectivity index (χ3v) is 1.06. The Morgan fingerprint density at radius 2 is 2.10 bits per heavy atom. The number of hydrogen-bond acceptors (Lipinski definition) is 2. The molecule has 58 valence electrons. The zero-order chi connectivity index (χ0) is 8.20. The van der Waals surface area contributed by atoms with Crippen molar-refractivity contribution in [1.82, 2.24) is 0 Å². The maximum atomic E-state index is 9.94. The molecule has 0 saturated carbocycles. The van der Waals surface area contributed by atoms with Gasteiger partial charge in [0.15, 0.2) is 0 Å². The van der Waals surface area contributed by atoms with E-state index in [2.05, 4.69) is 0 Å². The molecule has 0 aliphatic rings. The Balaban J connectivity index is 3.91. The van der Waals surface area contributed by atoms with Crippen molar-refractivity contribution in [2.24, 2.45) is 0 Å². The minimum atomic E-state index is -0.705. The lowest BCUT2D eigenvalue weighted by Crippen LogP contribution is -2.18. The molecule has 0 aromatic rings. The summed E-state index contributed by atoms with van der Waals surface area (Å²) >= 11 is 0. The van der Waals surface area contributed by atoms with Gasteiger partial charge in [0.25, 0.3) is 0 Å². The van der Waals surface area contributed by atoms with Crippen LogP contribution in [0.5, 0.6) is 0 Å². The molecule has 0 fully saturated rings. The van der Waals surface area contributed by atoms with Gasteiger partial charge in [0.05, 0.1) is 5.60 Å². The van der Waals surface area contributed by atoms with E-state index in [-0.39, 0.29) is 0 Å². The third-order valence-electron chi connectivity index (χ3n) is 1.06. The van der Waals surface area contributed by atoms with Gasteiger partial charge in [-0.05, 0) is 33.3 Å². The molecule has 0 aliphatic heterocycles. The molecule has 0 saturated heterocycles. The molecular formula is C8H14O2. The average Bonchev–Trinajstić information content (AvgIpc) is 1.59. The van der Waals surface area contributed by atoms with Crippen molar-refractivity contribution in [3.63, 3.8) is 0 Å². The summed E-state index contributed by atoms with van der Waals surface area (Å²) in [5.74, 6) is 0. The smallest absolute Gasteiger partial charge is 0.142 e. The normalized spacial score (nSPS) is 13.4. The Hall–Kier alpha value is -0.630. The number of carbonyl (C=O) groups is 1. The molecule has 0 bridgehead atoms. The van der Waals surface area contributed by atoms with Gasteiger partial charge in [-0.3, -0.25) is 4.79 Å². The summed E-state index contributed by atoms with van der Waals surface area (Å²) in [7, 11) is 0. The Morgan fingerprint density at radius 3 is 2.40 bits per heavy atom. The highest BCUT2D eigenvalue weighted by Crippen LogP contribution is 2.13. The van der Waals surface area contributed by atoms with Crippen molar-refractivity contribution in [1.29, 1.82) is 0 Å². The lowest BCUT2D eigenvalue weighted by atomic mass is 10.00. The number of carbonyl (C=O) groups excluding carboxylic acids is 1. The summed E-state index contributed by atoms with van der Waals surface area (Å²) in [6.07, 6.45) is 2.75. The van der Waals surface area contributed by atoms with E-state index in [1.54, 1.807) is 13.8 Å². The zero-order valence-corrected chi connectivity index (χ0v) is 6.72. The zero-order valence-electron chi connectivity index (χ0n) is 6.72. The highest BCUT2D eigenvalue weighted by atomic mass is 16.3. The van der Waals surface area contributed by atoms with E-state index in [0.717, 1.165) is 11.9 Å². The number of aliphatic hydroxyl groups is 1. The lowest BCUT2D eigenvalue weighted by molar-refractivity contribution is -0.104. The second kappa shape index (κ2) is 3.52. The van der Waals surface area contributed by atoms with Gasteiger partial charge in [0.2, 0.25) is 0 Å². The fourth-order valence-electron chi connectivity index (χ4n) is 0.857. The minimum absolute atomic E-state index is 0.547. The fourth-order valence-corrected chi connectivity index (χ4v) is 0.857. The van der Waals surface area contributed by atoms with Gasteiger partial charge in [0, 0.05) is 0 Å². The Kier molecular flexibility index (Phi) is 3.30. The van der Waals surface area contributed by atoms with Gasteiger partial charge in [0.1, 0.15) is 6.29 Å². The molecule has 0 amide bonds. The quantitative estimate of drug-likeness (QED) is 0.476. The molecule has 1 N–H and O–H groups in total. The van der Waals surface area contributed by atoms with Crippen LogP contribution >= 0.6 is 0 Å². The second-order valence-corrected chi connectivity index (χ2v) is 3.14. The first-order valence-electron chi connectivity index (χ1n) is 3.29. The van der Waals surface area contributed by atoms with Crippen molar-refractivity contribution in [3.05, 3.63) is 11.6 Å². The van der Waals surface area contributed by atoms with Crippen LogP contribution in [0.2, 0.25) is 0 Å². The molecule has 2 nitrogen and oxygen atoms in total. The van der Waals surface area contributed by atoms with Gasteiger partial charge in [-0.2, -0.15) is 0 Å². The molecule has 0 atom stereocenters. The summed E-state index contributed by atoms with van der Waals surface area (Å²) in [6, 6.07) is 0. The van der Waals surface area contributed by atoms with Gasteiger partial charge in [-0.1, -0.05) is 5.57 Å². The molecule has 0 aliphatic carbocycles. The Morgan fingerprint density at radius 1 is 1.60 bits per heavy atom. The average molecular weight is 142 g/mol. The maximum absolute atomic E-state index is 9.94. The molecule has 10 heavy (non-hydrogen) atoms. The van der Waals surface area contributed by atoms with Crippen LogP contribution in [0.25, 0.3) is 0 Å². The molecule has 0 spiro atoms. The van der Waals surface area contributed by atoms with E-state index in [1.807, 2.05) is 6.92 Å². The molecule has 0 unspecified atom stereocenters. The second-order valence-electron chi connectivity index (χ2n) is 3.14. The topological polar surface area (TPSA) is 37.3 Å². The van der Waals surface area contributed by atoms with Crippen LogP contribution in [-0.4, -0.2) is 17.0 Å². The number of allylic oxidation sites excluding steroid dienone is 1. The highest BCUT2D eigenvalue weighted by Gasteiger charge is 2.11. The fraction of sp³-hybridized carbons (Fsp3) is 0.625. The van der Waals surface area contributed by atoms with Crippen LogP contribution in [0.15, 0.2) is 11.6 Å². The summed E-state index contributed by atoms with van der Waals surface area (Å²) in [4.78, 5) is 9.94. The van der Waals surface area contributed by atoms with Gasteiger partial charge >= 0.3 is 0 Å².